The van der Waals surface area contributed by atoms with Gasteiger partial charge in [-0.05, 0) is 65.3 Å². The standard InChI is InChI=1S/C25H20N6O7S/c1-12-7-13(3-5-15(12)22(34)35)10-26-20(32)16-9-18(31-23(28-16)29-38-25(31)39)21(33)27-11-14-4-6-19-17(8-14)30(2)24(36)37-19/h3-9H,10-11H2,1-2H3,(H,26,32)(H,27,33)(H,34,35). The minimum atomic E-state index is -1.04. The molecule has 0 saturated heterocycles. The number of carbonyl (C=O) groups is 3. The normalized spacial score (nSPS) is 11.1. The van der Waals surface area contributed by atoms with E-state index >= 15 is 0 Å². The number of aryl methyl sites for hydroxylation is 2. The largest absolute Gasteiger partial charge is 0.478 e. The predicted molar refractivity (Wildman–Crippen MR) is 138 cm³/mol. The molecule has 0 bridgehead atoms. The third-order valence-corrected chi connectivity index (χ3v) is 6.33. The van der Waals surface area contributed by atoms with Crippen molar-refractivity contribution in [2.24, 2.45) is 7.05 Å². The van der Waals surface area contributed by atoms with Gasteiger partial charge in [-0.2, -0.15) is 0 Å². The second kappa shape index (κ2) is 9.98. The third kappa shape index (κ3) is 4.92. The molecule has 3 aromatic heterocycles. The summed E-state index contributed by atoms with van der Waals surface area (Å²) < 4.78 is 12.7. The van der Waals surface area contributed by atoms with Crippen LogP contribution in [0.5, 0.6) is 0 Å². The van der Waals surface area contributed by atoms with Crippen LogP contribution >= 0.6 is 12.2 Å². The Morgan fingerprint density at radius 1 is 1.03 bits per heavy atom. The van der Waals surface area contributed by atoms with Crippen molar-refractivity contribution in [3.63, 3.8) is 0 Å². The van der Waals surface area contributed by atoms with Crippen LogP contribution in [-0.4, -0.2) is 42.0 Å². The van der Waals surface area contributed by atoms with Crippen molar-refractivity contribution in [2.45, 2.75) is 20.0 Å². The maximum atomic E-state index is 13.2. The van der Waals surface area contributed by atoms with Crippen molar-refractivity contribution in [3.8, 4) is 0 Å². The van der Waals surface area contributed by atoms with Gasteiger partial charge in [0.15, 0.2) is 5.58 Å². The number of hydrogen-bond acceptors (Lipinski definition) is 9. The fourth-order valence-corrected chi connectivity index (χ4v) is 4.26. The number of rotatable bonds is 7. The molecule has 0 aliphatic carbocycles. The Balaban J connectivity index is 1.36. The highest BCUT2D eigenvalue weighted by Gasteiger charge is 2.20. The second-order valence-electron chi connectivity index (χ2n) is 8.66. The first-order chi connectivity index (χ1) is 18.6. The molecule has 3 N–H and O–H groups in total. The minimum absolute atomic E-state index is 0.0187. The first-order valence-corrected chi connectivity index (χ1v) is 11.9. The van der Waals surface area contributed by atoms with Crippen LogP contribution < -0.4 is 16.4 Å². The molecule has 0 aliphatic rings. The van der Waals surface area contributed by atoms with Crippen LogP contribution in [0.15, 0.2) is 56.2 Å². The highest BCUT2D eigenvalue weighted by Crippen LogP contribution is 2.15. The number of carbonyl (C=O) groups excluding carboxylic acids is 2. The first-order valence-electron chi connectivity index (χ1n) is 11.5. The molecule has 3 heterocycles. The Morgan fingerprint density at radius 3 is 2.44 bits per heavy atom. The van der Waals surface area contributed by atoms with Crippen LogP contribution in [0, 0.1) is 11.8 Å². The minimum Gasteiger partial charge on any atom is -0.478 e. The van der Waals surface area contributed by atoms with Crippen molar-refractivity contribution in [1.29, 1.82) is 0 Å². The Bertz CT molecular complexity index is 1920. The molecule has 0 radical (unpaired) electrons. The smallest absolute Gasteiger partial charge is 0.419 e. The fourth-order valence-electron chi connectivity index (χ4n) is 4.04. The van der Waals surface area contributed by atoms with Gasteiger partial charge in [-0.3, -0.25) is 14.2 Å². The van der Waals surface area contributed by atoms with E-state index in [2.05, 4.69) is 20.8 Å². The van der Waals surface area contributed by atoms with Gasteiger partial charge in [0.1, 0.15) is 11.4 Å². The summed E-state index contributed by atoms with van der Waals surface area (Å²) in [6, 6.07) is 11.1. The summed E-state index contributed by atoms with van der Waals surface area (Å²) in [4.78, 5) is 53.1. The SMILES string of the molecule is Cc1cc(CNC(=O)c2cc(C(=O)NCc3ccc4oc(=O)n(C)c4c3)n3c(=S)onc3n2)ccc1C(=O)O. The van der Waals surface area contributed by atoms with Crippen molar-refractivity contribution in [3.05, 3.63) is 91.5 Å². The molecule has 0 aliphatic heterocycles. The molecule has 14 heteroatoms. The average molecular weight is 549 g/mol. The van der Waals surface area contributed by atoms with E-state index in [0.29, 0.717) is 27.8 Å². The fraction of sp³-hybridized carbons (Fsp3) is 0.160. The number of amides is 2. The maximum Gasteiger partial charge on any atom is 0.419 e. The molecular formula is C25H20N6O7S. The lowest BCUT2D eigenvalue weighted by atomic mass is 10.1. The lowest BCUT2D eigenvalue weighted by molar-refractivity contribution is 0.0695. The zero-order valence-corrected chi connectivity index (χ0v) is 21.4. The first kappa shape index (κ1) is 25.5. The molecule has 0 fully saturated rings. The molecule has 0 spiro atoms. The van der Waals surface area contributed by atoms with E-state index in [4.69, 9.17) is 21.2 Å². The van der Waals surface area contributed by atoms with Crippen LogP contribution in [0.2, 0.25) is 0 Å². The monoisotopic (exact) mass is 548 g/mol. The Kier molecular flexibility index (Phi) is 6.54. The number of hydrogen-bond donors (Lipinski definition) is 3. The number of carboxylic acids is 1. The molecule has 5 rings (SSSR count). The molecular weight excluding hydrogens is 528 g/mol. The van der Waals surface area contributed by atoms with Gasteiger partial charge in [-0.1, -0.05) is 18.2 Å². The van der Waals surface area contributed by atoms with Crippen LogP contribution in [0.3, 0.4) is 0 Å². The van der Waals surface area contributed by atoms with Crippen molar-refractivity contribution in [1.82, 2.24) is 29.7 Å². The number of fused-ring (bicyclic) bond motifs is 2. The Morgan fingerprint density at radius 2 is 1.72 bits per heavy atom. The van der Waals surface area contributed by atoms with Crippen molar-refractivity contribution in [2.75, 3.05) is 0 Å². The quantitative estimate of drug-likeness (QED) is 0.256. The van der Waals surface area contributed by atoms with Crippen LogP contribution in [0.1, 0.15) is 48.0 Å². The van der Waals surface area contributed by atoms with Crippen LogP contribution in [-0.2, 0) is 20.1 Å². The molecule has 0 atom stereocenters. The number of aromatic nitrogens is 4. The van der Waals surface area contributed by atoms with E-state index in [1.807, 2.05) is 0 Å². The summed E-state index contributed by atoms with van der Waals surface area (Å²) in [6.07, 6.45) is 0. The molecule has 5 aromatic rings. The van der Waals surface area contributed by atoms with E-state index in [1.165, 1.54) is 21.1 Å². The summed E-state index contributed by atoms with van der Waals surface area (Å²) in [6.45, 7) is 1.86. The third-order valence-electron chi connectivity index (χ3n) is 6.07. The number of benzene rings is 2. The topological polar surface area (TPSA) is 174 Å². The van der Waals surface area contributed by atoms with E-state index in [-0.39, 0.29) is 40.7 Å². The molecule has 2 amide bonds. The van der Waals surface area contributed by atoms with Gasteiger partial charge < -0.3 is 24.7 Å². The van der Waals surface area contributed by atoms with Crippen molar-refractivity contribution >= 4 is 46.9 Å². The highest BCUT2D eigenvalue weighted by molar-refractivity contribution is 7.71. The van der Waals surface area contributed by atoms with E-state index in [9.17, 15) is 24.3 Å². The van der Waals surface area contributed by atoms with Gasteiger partial charge in [0, 0.05) is 20.1 Å². The zero-order valence-electron chi connectivity index (χ0n) is 20.5. The molecule has 198 valence electrons. The molecule has 0 saturated carbocycles. The Hall–Kier alpha value is -5.11. The zero-order chi connectivity index (χ0) is 27.8. The van der Waals surface area contributed by atoms with Gasteiger partial charge in [0.2, 0.25) is 0 Å². The number of nitrogens with zero attached hydrogens (tertiary/aromatic N) is 4. The van der Waals surface area contributed by atoms with Crippen LogP contribution in [0.4, 0.5) is 0 Å². The summed E-state index contributed by atoms with van der Waals surface area (Å²) >= 11 is 5.13. The lowest BCUT2D eigenvalue weighted by Gasteiger charge is -2.10. The number of carboxylic acid groups (broad SMARTS) is 1. The average Bonchev–Trinajstić information content (AvgIpc) is 3.43. The van der Waals surface area contributed by atoms with E-state index < -0.39 is 23.5 Å². The van der Waals surface area contributed by atoms with Crippen LogP contribution in [0.25, 0.3) is 16.9 Å². The van der Waals surface area contributed by atoms with Crippen molar-refractivity contribution < 1.29 is 28.4 Å². The summed E-state index contributed by atoms with van der Waals surface area (Å²) in [5.41, 5.74) is 2.99. The second-order valence-corrected chi connectivity index (χ2v) is 9.01. The van der Waals surface area contributed by atoms with Gasteiger partial charge >= 0.3 is 16.6 Å². The van der Waals surface area contributed by atoms with E-state index in [0.717, 1.165) is 0 Å². The van der Waals surface area contributed by atoms with Gasteiger partial charge in [-0.15, -0.1) is 0 Å². The summed E-state index contributed by atoms with van der Waals surface area (Å²) in [5, 5.41) is 18.4. The van der Waals surface area contributed by atoms with E-state index in [1.54, 1.807) is 44.3 Å². The summed E-state index contributed by atoms with van der Waals surface area (Å²) in [5.74, 6) is -2.77. The predicted octanol–water partition coefficient (Wildman–Crippen LogP) is 2.36. The number of oxazole rings is 1. The highest BCUT2D eigenvalue weighted by atomic mass is 32.1. The van der Waals surface area contributed by atoms with Gasteiger partial charge in [0.05, 0.1) is 11.1 Å². The molecule has 0 unspecified atom stereocenters. The maximum absolute atomic E-state index is 13.2. The number of aromatic carboxylic acids is 1. The summed E-state index contributed by atoms with van der Waals surface area (Å²) in [7, 11) is 1.58. The van der Waals surface area contributed by atoms with Gasteiger partial charge in [-0.25, -0.2) is 19.0 Å². The Labute approximate surface area is 223 Å². The molecule has 2 aromatic carbocycles. The van der Waals surface area contributed by atoms with Gasteiger partial charge in [0.25, 0.3) is 17.6 Å². The molecule has 13 nitrogen and oxygen atoms in total. The molecule has 39 heavy (non-hydrogen) atoms. The lowest BCUT2D eigenvalue weighted by Crippen LogP contribution is -2.28. The number of nitrogens with one attached hydrogen (secondary N) is 2.